The van der Waals surface area contributed by atoms with Crippen LogP contribution in [0.4, 0.5) is 18.9 Å². The number of hydrogen-bond acceptors (Lipinski definition) is 12. The van der Waals surface area contributed by atoms with Crippen molar-refractivity contribution < 1.29 is 65.5 Å². The van der Waals surface area contributed by atoms with Gasteiger partial charge >= 0.3 is 30.1 Å². The van der Waals surface area contributed by atoms with Gasteiger partial charge in [0.05, 0.1) is 19.9 Å². The molecule has 0 spiro atoms. The van der Waals surface area contributed by atoms with Gasteiger partial charge in [-0.3, -0.25) is 14.4 Å². The van der Waals surface area contributed by atoms with Crippen LogP contribution in [0.2, 0.25) is 0 Å². The highest BCUT2D eigenvalue weighted by molar-refractivity contribution is 5.85. The number of carbonyl (C=O) groups is 4. The van der Waals surface area contributed by atoms with Crippen molar-refractivity contribution in [2.45, 2.75) is 57.7 Å². The van der Waals surface area contributed by atoms with E-state index in [1.165, 1.54) is 31.4 Å². The summed E-state index contributed by atoms with van der Waals surface area (Å²) in [6.07, 6.45) is -14.9. The maximum absolute atomic E-state index is 13.9. The van der Waals surface area contributed by atoms with Gasteiger partial charge in [-0.2, -0.15) is 13.2 Å². The molecule has 1 heterocycles. The smallest absolute Gasteiger partial charge is 0.468 e. The Kier molecular flexibility index (Phi) is 9.82. The largest absolute Gasteiger partial charge is 0.497 e. The molecule has 0 aliphatic carbocycles. The SMILES string of the molecule is COC(=O)[C@@H]1O[C@@H](OC(=Nc2ccc(OC)cc2)C(F)(F)F)[C@H](OC(C)=O)[C@H](OC(C)=O)[C@@H]1OC(C)=O. The van der Waals surface area contributed by atoms with E-state index in [0.29, 0.717) is 5.75 Å². The van der Waals surface area contributed by atoms with Crippen molar-refractivity contribution in [3.8, 4) is 5.75 Å². The molecular weight excluding hydrogens is 511 g/mol. The molecule has 0 saturated carbocycles. The molecule has 2 rings (SSSR count). The van der Waals surface area contributed by atoms with E-state index in [0.717, 1.165) is 27.9 Å². The Morgan fingerprint density at radius 1 is 0.811 bits per heavy atom. The van der Waals surface area contributed by atoms with E-state index in [1.807, 2.05) is 0 Å². The second kappa shape index (κ2) is 12.4. The highest BCUT2D eigenvalue weighted by Crippen LogP contribution is 2.33. The topological polar surface area (TPSA) is 145 Å². The molecule has 1 aromatic rings. The normalized spacial score (nSPS) is 23.9. The predicted octanol–water partition coefficient (Wildman–Crippen LogP) is 2.00. The molecule has 12 nitrogen and oxygen atoms in total. The van der Waals surface area contributed by atoms with Crippen molar-refractivity contribution in [3.63, 3.8) is 0 Å². The first-order valence-corrected chi connectivity index (χ1v) is 10.5. The first kappa shape index (κ1) is 29.4. The second-order valence-corrected chi connectivity index (χ2v) is 7.40. The molecule has 1 saturated heterocycles. The standard InChI is InChI=1S/C22H24F3NO11/c1-10(27)33-15-16(34-11(2)28)18(35-12(3)29)20(36-17(15)19(30)32-5)37-21(22(23,24)25)26-13-6-8-14(31-4)9-7-13/h6-9,15-18,20H,1-5H3/t15-,16+,17+,18+,20-/m0/s1. The van der Waals surface area contributed by atoms with E-state index in [2.05, 4.69) is 9.73 Å². The molecule has 0 unspecified atom stereocenters. The molecular formula is C22H24F3NO11. The minimum Gasteiger partial charge on any atom is -0.497 e. The van der Waals surface area contributed by atoms with Gasteiger partial charge in [-0.1, -0.05) is 0 Å². The number of methoxy groups -OCH3 is 2. The van der Waals surface area contributed by atoms with Crippen molar-refractivity contribution in [2.24, 2.45) is 4.99 Å². The van der Waals surface area contributed by atoms with Gasteiger partial charge in [-0.25, -0.2) is 9.79 Å². The van der Waals surface area contributed by atoms with E-state index in [9.17, 15) is 32.3 Å². The summed E-state index contributed by atoms with van der Waals surface area (Å²) in [5.74, 6) is -5.74. The van der Waals surface area contributed by atoms with Crippen molar-refractivity contribution in [1.82, 2.24) is 0 Å². The Balaban J connectivity index is 2.59. The molecule has 0 amide bonds. The summed E-state index contributed by atoms with van der Waals surface area (Å²) in [4.78, 5) is 51.1. The fraction of sp³-hybridized carbons (Fsp3) is 0.500. The fourth-order valence-corrected chi connectivity index (χ4v) is 3.22. The van der Waals surface area contributed by atoms with Crippen LogP contribution in [-0.4, -0.2) is 80.9 Å². The maximum atomic E-state index is 13.9. The average molecular weight is 535 g/mol. The highest BCUT2D eigenvalue weighted by Gasteiger charge is 2.57. The first-order valence-electron chi connectivity index (χ1n) is 10.5. The Morgan fingerprint density at radius 3 is 1.78 bits per heavy atom. The zero-order chi connectivity index (χ0) is 27.9. The number of rotatable bonds is 7. The molecule has 1 aliphatic rings. The van der Waals surface area contributed by atoms with Crippen LogP contribution in [0, 0.1) is 0 Å². The molecule has 0 N–H and O–H groups in total. The van der Waals surface area contributed by atoms with Gasteiger partial charge in [0.15, 0.2) is 18.3 Å². The molecule has 0 radical (unpaired) electrons. The van der Waals surface area contributed by atoms with E-state index >= 15 is 0 Å². The molecule has 0 bridgehead atoms. The lowest BCUT2D eigenvalue weighted by atomic mass is 9.97. The van der Waals surface area contributed by atoms with Gasteiger partial charge < -0.3 is 33.2 Å². The number of aliphatic imine (C=N–C) groups is 1. The maximum Gasteiger partial charge on any atom is 0.468 e. The second-order valence-electron chi connectivity index (χ2n) is 7.40. The summed E-state index contributed by atoms with van der Waals surface area (Å²) >= 11 is 0. The highest BCUT2D eigenvalue weighted by atomic mass is 19.4. The monoisotopic (exact) mass is 535 g/mol. The van der Waals surface area contributed by atoms with Crippen LogP contribution in [0.3, 0.4) is 0 Å². The quantitative estimate of drug-likeness (QED) is 0.219. The van der Waals surface area contributed by atoms with Gasteiger partial charge in [0.1, 0.15) is 5.75 Å². The van der Waals surface area contributed by atoms with Gasteiger partial charge in [-0.05, 0) is 24.3 Å². The van der Waals surface area contributed by atoms with Gasteiger partial charge in [0.25, 0.3) is 5.90 Å². The zero-order valence-electron chi connectivity index (χ0n) is 20.3. The van der Waals surface area contributed by atoms with Crippen LogP contribution < -0.4 is 4.74 Å². The van der Waals surface area contributed by atoms with Crippen LogP contribution in [0.25, 0.3) is 0 Å². The number of alkyl halides is 3. The Bertz CT molecular complexity index is 1030. The third-order valence-corrected chi connectivity index (χ3v) is 4.61. The van der Waals surface area contributed by atoms with Crippen LogP contribution in [-0.2, 0) is 47.6 Å². The number of hydrogen-bond donors (Lipinski definition) is 0. The number of ether oxygens (including phenoxy) is 7. The Hall–Kier alpha value is -3.88. The lowest BCUT2D eigenvalue weighted by molar-refractivity contribution is -0.288. The lowest BCUT2D eigenvalue weighted by Gasteiger charge is -2.43. The summed E-state index contributed by atoms with van der Waals surface area (Å²) in [5.41, 5.74) is -0.202. The van der Waals surface area contributed by atoms with E-state index in [1.54, 1.807) is 0 Å². The molecule has 204 valence electrons. The summed E-state index contributed by atoms with van der Waals surface area (Å²) in [6.45, 7) is 2.79. The summed E-state index contributed by atoms with van der Waals surface area (Å²) in [7, 11) is 2.29. The van der Waals surface area contributed by atoms with Crippen molar-refractivity contribution in [1.29, 1.82) is 0 Å². The van der Waals surface area contributed by atoms with Crippen LogP contribution in [0.5, 0.6) is 5.75 Å². The number of halogens is 3. The molecule has 0 aromatic heterocycles. The Labute approximate surface area is 208 Å². The third kappa shape index (κ3) is 8.06. The zero-order valence-corrected chi connectivity index (χ0v) is 20.3. The summed E-state index contributed by atoms with van der Waals surface area (Å²) in [6, 6.07) is 5.10. The third-order valence-electron chi connectivity index (χ3n) is 4.61. The summed E-state index contributed by atoms with van der Waals surface area (Å²) < 4.78 is 76.7. The van der Waals surface area contributed by atoms with Crippen molar-refractivity contribution in [3.05, 3.63) is 24.3 Å². The van der Waals surface area contributed by atoms with Crippen LogP contribution in [0.1, 0.15) is 20.8 Å². The minimum absolute atomic E-state index is 0.202. The van der Waals surface area contributed by atoms with Crippen LogP contribution in [0.15, 0.2) is 29.3 Å². The Morgan fingerprint density at radius 2 is 1.32 bits per heavy atom. The fourth-order valence-electron chi connectivity index (χ4n) is 3.22. The van der Waals surface area contributed by atoms with Gasteiger partial charge in [-0.15, -0.1) is 0 Å². The van der Waals surface area contributed by atoms with E-state index in [-0.39, 0.29) is 5.69 Å². The van der Waals surface area contributed by atoms with E-state index < -0.39 is 66.7 Å². The lowest BCUT2D eigenvalue weighted by Crippen LogP contribution is -2.64. The number of esters is 4. The molecule has 1 aliphatic heterocycles. The van der Waals surface area contributed by atoms with Crippen molar-refractivity contribution in [2.75, 3.05) is 14.2 Å². The molecule has 15 heteroatoms. The van der Waals surface area contributed by atoms with Gasteiger partial charge in [0, 0.05) is 20.8 Å². The van der Waals surface area contributed by atoms with Crippen LogP contribution >= 0.6 is 0 Å². The number of nitrogens with zero attached hydrogens (tertiary/aromatic N) is 1. The van der Waals surface area contributed by atoms with E-state index in [4.69, 9.17) is 28.4 Å². The first-order chi connectivity index (χ1) is 17.3. The minimum atomic E-state index is -5.20. The molecule has 37 heavy (non-hydrogen) atoms. The molecule has 1 aromatic carbocycles. The van der Waals surface area contributed by atoms with Gasteiger partial charge in [0.2, 0.25) is 12.4 Å². The molecule has 5 atom stereocenters. The predicted molar refractivity (Wildman–Crippen MR) is 115 cm³/mol. The average Bonchev–Trinajstić information content (AvgIpc) is 2.80. The van der Waals surface area contributed by atoms with Crippen molar-refractivity contribution >= 4 is 35.5 Å². The number of carbonyl (C=O) groups excluding carboxylic acids is 4. The number of benzene rings is 1. The summed E-state index contributed by atoms with van der Waals surface area (Å²) in [5, 5.41) is 0. The molecule has 1 fully saturated rings.